The number of nitrogens with one attached hydrogen (secondary N) is 1. The number of aromatic nitrogens is 1. The molecular weight excluding hydrogens is 304 g/mol. The Kier molecular flexibility index (Phi) is 5.57. The molecule has 0 spiro atoms. The molecule has 0 saturated heterocycles. The second-order valence-electron chi connectivity index (χ2n) is 4.79. The molecule has 0 radical (unpaired) electrons. The second-order valence-corrected chi connectivity index (χ2v) is 5.92. The van der Waals surface area contributed by atoms with Crippen LogP contribution in [0.3, 0.4) is 0 Å². The maximum atomic E-state index is 9.04. The van der Waals surface area contributed by atoms with Crippen molar-refractivity contribution in [3.63, 3.8) is 0 Å². The quantitative estimate of drug-likeness (QED) is 0.881. The summed E-state index contributed by atoms with van der Waals surface area (Å²) in [5, 5.41) is 13.3. The maximum absolute atomic E-state index is 9.04. The van der Waals surface area contributed by atoms with E-state index in [-0.39, 0.29) is 5.15 Å². The predicted octanol–water partition coefficient (Wildman–Crippen LogP) is 3.73. The third-order valence-electron chi connectivity index (χ3n) is 3.20. The zero-order valence-corrected chi connectivity index (χ0v) is 13.6. The average molecular weight is 321 g/mol. The van der Waals surface area contributed by atoms with Crippen molar-refractivity contribution in [2.45, 2.75) is 20.0 Å². The van der Waals surface area contributed by atoms with Crippen LogP contribution in [0.4, 0.5) is 5.00 Å². The van der Waals surface area contributed by atoms with E-state index < -0.39 is 0 Å². The Morgan fingerprint density at radius 2 is 2.19 bits per heavy atom. The van der Waals surface area contributed by atoms with Crippen LogP contribution in [0.15, 0.2) is 24.3 Å². The van der Waals surface area contributed by atoms with Crippen molar-refractivity contribution >= 4 is 28.1 Å². The van der Waals surface area contributed by atoms with Gasteiger partial charge in [0.2, 0.25) is 0 Å². The first-order valence-corrected chi connectivity index (χ1v) is 7.84. The van der Waals surface area contributed by atoms with E-state index in [0.717, 1.165) is 18.1 Å². The van der Waals surface area contributed by atoms with Gasteiger partial charge in [-0.05, 0) is 36.3 Å². The Bertz CT molecular complexity index is 647. The maximum Gasteiger partial charge on any atom is 0.162 e. The van der Waals surface area contributed by atoms with E-state index in [1.165, 1.54) is 22.7 Å². The van der Waals surface area contributed by atoms with Crippen molar-refractivity contribution in [3.8, 4) is 6.07 Å². The van der Waals surface area contributed by atoms with Crippen LogP contribution < -0.4 is 5.32 Å². The minimum atomic E-state index is 0.267. The fraction of sp³-hybridized carbons (Fsp3) is 0.333. The third kappa shape index (κ3) is 4.18. The molecule has 0 aliphatic rings. The SMILES string of the molecule is CCN(C)Cc1cccc(CNc2snc(Cl)c2C#N)c1. The van der Waals surface area contributed by atoms with E-state index in [1.807, 2.05) is 0 Å². The minimum Gasteiger partial charge on any atom is -0.370 e. The van der Waals surface area contributed by atoms with Crippen LogP contribution in [-0.4, -0.2) is 22.9 Å². The summed E-state index contributed by atoms with van der Waals surface area (Å²) in [6, 6.07) is 10.5. The van der Waals surface area contributed by atoms with Gasteiger partial charge >= 0.3 is 0 Å². The summed E-state index contributed by atoms with van der Waals surface area (Å²) >= 11 is 7.07. The van der Waals surface area contributed by atoms with Gasteiger partial charge in [-0.25, -0.2) is 0 Å². The molecule has 1 N–H and O–H groups in total. The lowest BCUT2D eigenvalue weighted by Crippen LogP contribution is -2.16. The van der Waals surface area contributed by atoms with Crippen LogP contribution in [-0.2, 0) is 13.1 Å². The topological polar surface area (TPSA) is 52.0 Å². The van der Waals surface area contributed by atoms with Crippen LogP contribution in [0.2, 0.25) is 5.15 Å². The monoisotopic (exact) mass is 320 g/mol. The van der Waals surface area contributed by atoms with E-state index in [2.05, 4.69) is 58.9 Å². The fourth-order valence-corrected chi connectivity index (χ4v) is 2.86. The number of halogens is 1. The number of anilines is 1. The van der Waals surface area contributed by atoms with Crippen molar-refractivity contribution in [1.29, 1.82) is 5.26 Å². The molecule has 1 aromatic heterocycles. The smallest absolute Gasteiger partial charge is 0.162 e. The summed E-state index contributed by atoms with van der Waals surface area (Å²) < 4.78 is 3.98. The van der Waals surface area contributed by atoms with Crippen molar-refractivity contribution in [1.82, 2.24) is 9.27 Å². The van der Waals surface area contributed by atoms with E-state index >= 15 is 0 Å². The zero-order chi connectivity index (χ0) is 15.2. The van der Waals surface area contributed by atoms with Gasteiger partial charge in [0.05, 0.1) is 0 Å². The van der Waals surface area contributed by atoms with Gasteiger partial charge in [-0.2, -0.15) is 9.64 Å². The number of nitriles is 1. The number of rotatable bonds is 6. The summed E-state index contributed by atoms with van der Waals surface area (Å²) in [5.41, 5.74) is 2.87. The standard InChI is InChI=1S/C15H17ClN4S/c1-3-20(2)10-12-6-4-5-11(7-12)9-18-15-13(8-17)14(16)19-21-15/h4-7,18H,3,9-10H2,1-2H3. The van der Waals surface area contributed by atoms with Gasteiger partial charge in [-0.1, -0.05) is 42.8 Å². The van der Waals surface area contributed by atoms with Gasteiger partial charge < -0.3 is 10.2 Å². The third-order valence-corrected chi connectivity index (χ3v) is 4.38. The molecular formula is C15H17ClN4S. The van der Waals surface area contributed by atoms with Gasteiger partial charge in [-0.15, -0.1) is 0 Å². The largest absolute Gasteiger partial charge is 0.370 e. The number of benzene rings is 1. The van der Waals surface area contributed by atoms with Crippen molar-refractivity contribution in [2.24, 2.45) is 0 Å². The molecule has 2 aromatic rings. The Morgan fingerprint density at radius 1 is 1.43 bits per heavy atom. The van der Waals surface area contributed by atoms with Crippen LogP contribution in [0.25, 0.3) is 0 Å². The van der Waals surface area contributed by atoms with E-state index in [1.54, 1.807) is 0 Å². The number of nitrogens with zero attached hydrogens (tertiary/aromatic N) is 3. The molecule has 0 fully saturated rings. The summed E-state index contributed by atoms with van der Waals surface area (Å²) in [6.45, 7) is 4.74. The van der Waals surface area contributed by atoms with Gasteiger partial charge in [0.15, 0.2) is 5.15 Å². The lowest BCUT2D eigenvalue weighted by Gasteiger charge is -2.14. The minimum absolute atomic E-state index is 0.267. The van der Waals surface area contributed by atoms with Gasteiger partial charge in [0.25, 0.3) is 0 Å². The van der Waals surface area contributed by atoms with Crippen LogP contribution in [0.1, 0.15) is 23.6 Å². The van der Waals surface area contributed by atoms with Gasteiger partial charge in [0.1, 0.15) is 16.6 Å². The Morgan fingerprint density at radius 3 is 2.90 bits per heavy atom. The molecule has 0 saturated carbocycles. The highest BCUT2D eigenvalue weighted by Crippen LogP contribution is 2.27. The highest BCUT2D eigenvalue weighted by atomic mass is 35.5. The van der Waals surface area contributed by atoms with Crippen molar-refractivity contribution < 1.29 is 0 Å². The Hall–Kier alpha value is -1.61. The fourth-order valence-electron chi connectivity index (χ4n) is 1.93. The van der Waals surface area contributed by atoms with Gasteiger partial charge in [0, 0.05) is 13.1 Å². The van der Waals surface area contributed by atoms with Crippen molar-refractivity contribution in [2.75, 3.05) is 18.9 Å². The number of hydrogen-bond donors (Lipinski definition) is 1. The van der Waals surface area contributed by atoms with E-state index in [0.29, 0.717) is 12.1 Å². The molecule has 0 aliphatic heterocycles. The first-order valence-electron chi connectivity index (χ1n) is 6.69. The Labute approximate surface area is 134 Å². The van der Waals surface area contributed by atoms with E-state index in [9.17, 15) is 0 Å². The zero-order valence-electron chi connectivity index (χ0n) is 12.1. The lowest BCUT2D eigenvalue weighted by atomic mass is 10.1. The first-order chi connectivity index (χ1) is 10.1. The molecule has 1 heterocycles. The molecule has 0 unspecified atom stereocenters. The summed E-state index contributed by atoms with van der Waals surface area (Å²) in [5.74, 6) is 0. The second kappa shape index (κ2) is 7.41. The molecule has 4 nitrogen and oxygen atoms in total. The molecule has 0 bridgehead atoms. The molecule has 1 aromatic carbocycles. The summed E-state index contributed by atoms with van der Waals surface area (Å²) in [4.78, 5) is 2.25. The molecule has 6 heteroatoms. The first kappa shape index (κ1) is 15.8. The molecule has 0 atom stereocenters. The highest BCUT2D eigenvalue weighted by molar-refractivity contribution is 7.10. The molecule has 0 amide bonds. The highest BCUT2D eigenvalue weighted by Gasteiger charge is 2.11. The lowest BCUT2D eigenvalue weighted by molar-refractivity contribution is 0.345. The summed E-state index contributed by atoms with van der Waals surface area (Å²) in [7, 11) is 2.10. The predicted molar refractivity (Wildman–Crippen MR) is 87.6 cm³/mol. The summed E-state index contributed by atoms with van der Waals surface area (Å²) in [6.07, 6.45) is 0. The molecule has 21 heavy (non-hydrogen) atoms. The van der Waals surface area contributed by atoms with Crippen LogP contribution >= 0.6 is 23.1 Å². The van der Waals surface area contributed by atoms with Crippen LogP contribution in [0, 0.1) is 11.3 Å². The molecule has 0 aliphatic carbocycles. The van der Waals surface area contributed by atoms with Gasteiger partial charge in [-0.3, -0.25) is 0 Å². The molecule has 2 rings (SSSR count). The Balaban J connectivity index is 2.03. The average Bonchev–Trinajstić information content (AvgIpc) is 2.85. The van der Waals surface area contributed by atoms with Crippen molar-refractivity contribution in [3.05, 3.63) is 46.1 Å². The number of hydrogen-bond acceptors (Lipinski definition) is 5. The van der Waals surface area contributed by atoms with Crippen LogP contribution in [0.5, 0.6) is 0 Å². The normalized spacial score (nSPS) is 10.6. The molecule has 110 valence electrons. The van der Waals surface area contributed by atoms with E-state index in [4.69, 9.17) is 16.9 Å².